The zero-order valence-corrected chi connectivity index (χ0v) is 16.0. The highest BCUT2D eigenvalue weighted by molar-refractivity contribution is 9.10. The molecule has 4 rings (SSSR count). The van der Waals surface area contributed by atoms with Crippen LogP contribution >= 0.6 is 27.7 Å². The van der Waals surface area contributed by atoms with E-state index in [1.165, 1.54) is 5.56 Å². The monoisotopic (exact) mass is 419 g/mol. The second-order valence-corrected chi connectivity index (χ2v) is 8.20. The zero-order chi connectivity index (χ0) is 17.2. The molecule has 0 saturated carbocycles. The number of thioether (sulfide) groups is 1. The lowest BCUT2D eigenvalue weighted by molar-refractivity contribution is 0.0765. The lowest BCUT2D eigenvalue weighted by Crippen LogP contribution is -2.33. The Balaban J connectivity index is 1.47. The van der Waals surface area contributed by atoms with Crippen LogP contribution in [0.5, 0.6) is 11.5 Å². The van der Waals surface area contributed by atoms with Gasteiger partial charge in [0.25, 0.3) is 5.91 Å². The Bertz CT molecular complexity index is 798. The number of carbonyl (C=O) groups is 1. The first-order valence-electron chi connectivity index (χ1n) is 8.27. The molecule has 2 aromatic carbocycles. The van der Waals surface area contributed by atoms with Crippen molar-refractivity contribution in [2.75, 3.05) is 25.6 Å². The summed E-state index contributed by atoms with van der Waals surface area (Å²) >= 11 is 5.38. The highest BCUT2D eigenvalue weighted by Gasteiger charge is 2.25. The van der Waals surface area contributed by atoms with Gasteiger partial charge < -0.3 is 14.4 Å². The molecule has 0 aliphatic carbocycles. The number of hydrogen-bond donors (Lipinski definition) is 0. The summed E-state index contributed by atoms with van der Waals surface area (Å²) in [5, 5.41) is 0.367. The van der Waals surface area contributed by atoms with Crippen molar-refractivity contribution in [1.82, 2.24) is 4.90 Å². The molecule has 2 aliphatic rings. The fourth-order valence-electron chi connectivity index (χ4n) is 3.16. The summed E-state index contributed by atoms with van der Waals surface area (Å²) in [6.07, 6.45) is 0.931. The molecular formula is C19H18BrNO3S. The van der Waals surface area contributed by atoms with Gasteiger partial charge in [-0.15, -0.1) is 0 Å². The van der Waals surface area contributed by atoms with Crippen molar-refractivity contribution < 1.29 is 14.3 Å². The van der Waals surface area contributed by atoms with Crippen molar-refractivity contribution in [2.24, 2.45) is 0 Å². The van der Waals surface area contributed by atoms with Crippen LogP contribution < -0.4 is 9.47 Å². The molecular weight excluding hydrogens is 402 g/mol. The lowest BCUT2D eigenvalue weighted by Gasteiger charge is -2.21. The summed E-state index contributed by atoms with van der Waals surface area (Å²) in [4.78, 5) is 14.8. The lowest BCUT2D eigenvalue weighted by atomic mass is 10.1. The van der Waals surface area contributed by atoms with E-state index in [2.05, 4.69) is 28.1 Å². The molecule has 25 heavy (non-hydrogen) atoms. The summed E-state index contributed by atoms with van der Waals surface area (Å²) in [5.74, 6) is 2.66. The van der Waals surface area contributed by atoms with E-state index >= 15 is 0 Å². The number of ether oxygens (including phenoxy) is 2. The molecule has 4 nitrogen and oxygen atoms in total. The van der Waals surface area contributed by atoms with Gasteiger partial charge in [0.2, 0.25) is 6.79 Å². The molecule has 0 bridgehead atoms. The van der Waals surface area contributed by atoms with Crippen LogP contribution in [0.15, 0.2) is 46.9 Å². The molecule has 0 unspecified atom stereocenters. The van der Waals surface area contributed by atoms with E-state index in [4.69, 9.17) is 9.47 Å². The first kappa shape index (κ1) is 16.8. The first-order valence-corrected chi connectivity index (χ1v) is 10.1. The van der Waals surface area contributed by atoms with Gasteiger partial charge in [-0.05, 0) is 52.2 Å². The molecule has 1 amide bonds. The maximum atomic E-state index is 12.8. The average molecular weight is 420 g/mol. The van der Waals surface area contributed by atoms with Crippen LogP contribution in [0, 0.1) is 0 Å². The number of fused-ring (bicyclic) bond motifs is 1. The molecule has 0 spiro atoms. The fraction of sp³-hybridized carbons (Fsp3) is 0.316. The van der Waals surface area contributed by atoms with E-state index < -0.39 is 0 Å². The summed E-state index contributed by atoms with van der Waals surface area (Å²) in [7, 11) is 0. The molecule has 1 atom stereocenters. The van der Waals surface area contributed by atoms with Crippen LogP contribution in [-0.4, -0.2) is 36.4 Å². The van der Waals surface area contributed by atoms with E-state index in [1.54, 1.807) is 0 Å². The topological polar surface area (TPSA) is 38.8 Å². The number of rotatable bonds is 2. The molecule has 2 aliphatic heterocycles. The largest absolute Gasteiger partial charge is 0.454 e. The Morgan fingerprint density at radius 2 is 1.96 bits per heavy atom. The maximum Gasteiger partial charge on any atom is 0.255 e. The van der Waals surface area contributed by atoms with Crippen molar-refractivity contribution in [3.05, 3.63) is 58.1 Å². The van der Waals surface area contributed by atoms with Gasteiger partial charge in [-0.1, -0.05) is 18.2 Å². The average Bonchev–Trinajstić information content (AvgIpc) is 2.96. The number of benzene rings is 2. The highest BCUT2D eigenvalue weighted by atomic mass is 79.9. The number of halogens is 1. The fourth-order valence-corrected chi connectivity index (χ4v) is 4.83. The molecule has 6 heteroatoms. The minimum Gasteiger partial charge on any atom is -0.454 e. The summed E-state index contributed by atoms with van der Waals surface area (Å²) in [6, 6.07) is 13.8. The number of hydrogen-bond acceptors (Lipinski definition) is 4. The van der Waals surface area contributed by atoms with E-state index in [1.807, 2.05) is 47.0 Å². The third-order valence-electron chi connectivity index (χ3n) is 4.50. The van der Waals surface area contributed by atoms with Gasteiger partial charge >= 0.3 is 0 Å². The second kappa shape index (κ2) is 7.30. The smallest absolute Gasteiger partial charge is 0.255 e. The Hall–Kier alpha value is -1.66. The third kappa shape index (κ3) is 3.51. The Kier molecular flexibility index (Phi) is 4.90. The second-order valence-electron chi connectivity index (χ2n) is 6.03. The van der Waals surface area contributed by atoms with Gasteiger partial charge in [-0.25, -0.2) is 0 Å². The number of carbonyl (C=O) groups excluding carboxylic acids is 1. The summed E-state index contributed by atoms with van der Waals surface area (Å²) in [6.45, 7) is 1.82. The van der Waals surface area contributed by atoms with Crippen LogP contribution in [0.4, 0.5) is 0 Å². The van der Waals surface area contributed by atoms with Gasteiger partial charge in [0.05, 0.1) is 5.56 Å². The van der Waals surface area contributed by atoms with E-state index in [0.717, 1.165) is 46.8 Å². The molecule has 1 fully saturated rings. The summed E-state index contributed by atoms with van der Waals surface area (Å²) < 4.78 is 11.7. The Morgan fingerprint density at radius 3 is 2.84 bits per heavy atom. The molecule has 2 heterocycles. The normalized spacial score (nSPS) is 19.6. The third-order valence-corrected chi connectivity index (χ3v) is 6.52. The van der Waals surface area contributed by atoms with Crippen molar-refractivity contribution in [3.63, 3.8) is 0 Å². The van der Waals surface area contributed by atoms with Crippen molar-refractivity contribution in [2.45, 2.75) is 11.7 Å². The van der Waals surface area contributed by atoms with Crippen LogP contribution in [0.1, 0.15) is 27.6 Å². The van der Waals surface area contributed by atoms with Gasteiger partial charge in [-0.3, -0.25) is 4.79 Å². The quantitative estimate of drug-likeness (QED) is 0.718. The highest BCUT2D eigenvalue weighted by Crippen LogP contribution is 2.40. The van der Waals surface area contributed by atoms with Crippen LogP contribution in [-0.2, 0) is 0 Å². The van der Waals surface area contributed by atoms with Gasteiger partial charge in [0.15, 0.2) is 11.5 Å². The Morgan fingerprint density at radius 1 is 1.12 bits per heavy atom. The van der Waals surface area contributed by atoms with E-state index in [9.17, 15) is 4.79 Å². The SMILES string of the molecule is O=C(c1ccccc1Br)N1CCS[C@H](c2ccc3c(c2)OCO3)CC1. The van der Waals surface area contributed by atoms with Crippen LogP contribution in [0.2, 0.25) is 0 Å². The molecule has 2 aromatic rings. The maximum absolute atomic E-state index is 12.8. The molecule has 1 saturated heterocycles. The molecule has 130 valence electrons. The first-order chi connectivity index (χ1) is 12.2. The Labute approximate surface area is 159 Å². The predicted molar refractivity (Wildman–Crippen MR) is 102 cm³/mol. The number of nitrogens with zero attached hydrogens (tertiary/aromatic N) is 1. The van der Waals surface area contributed by atoms with Gasteiger partial charge in [0, 0.05) is 28.6 Å². The molecule has 0 aromatic heterocycles. The van der Waals surface area contributed by atoms with Crippen molar-refractivity contribution in [3.8, 4) is 11.5 Å². The number of amides is 1. The molecule has 0 radical (unpaired) electrons. The minimum atomic E-state index is 0.0967. The minimum absolute atomic E-state index is 0.0967. The van der Waals surface area contributed by atoms with E-state index in [0.29, 0.717) is 12.0 Å². The van der Waals surface area contributed by atoms with Gasteiger partial charge in [0.1, 0.15) is 0 Å². The van der Waals surface area contributed by atoms with Crippen molar-refractivity contribution in [1.29, 1.82) is 0 Å². The van der Waals surface area contributed by atoms with Crippen molar-refractivity contribution >= 4 is 33.6 Å². The predicted octanol–water partition coefficient (Wildman–Crippen LogP) is 4.50. The summed E-state index contributed by atoms with van der Waals surface area (Å²) in [5.41, 5.74) is 1.97. The van der Waals surface area contributed by atoms with Crippen LogP contribution in [0.3, 0.4) is 0 Å². The molecule has 0 N–H and O–H groups in total. The van der Waals surface area contributed by atoms with E-state index in [-0.39, 0.29) is 5.91 Å². The standard InChI is InChI=1S/C19H18BrNO3S/c20-15-4-2-1-3-14(15)19(22)21-8-7-18(25-10-9-21)13-5-6-16-17(11-13)24-12-23-16/h1-6,11,18H,7-10,12H2/t18-/m0/s1. The zero-order valence-electron chi connectivity index (χ0n) is 13.6. The van der Waals surface area contributed by atoms with Crippen LogP contribution in [0.25, 0.3) is 0 Å². The van der Waals surface area contributed by atoms with Gasteiger partial charge in [-0.2, -0.15) is 11.8 Å².